The molecule has 2 rings (SSSR count). The first-order valence-electron chi connectivity index (χ1n) is 9.99. The Balaban J connectivity index is 2.11. The molecule has 0 fully saturated rings. The summed E-state index contributed by atoms with van der Waals surface area (Å²) >= 11 is 0. The van der Waals surface area contributed by atoms with Crippen molar-refractivity contribution in [2.24, 2.45) is 5.92 Å². The molecule has 0 aromatic heterocycles. The van der Waals surface area contributed by atoms with E-state index in [1.54, 1.807) is 6.92 Å². The van der Waals surface area contributed by atoms with Crippen LogP contribution in [0.15, 0.2) is 42.5 Å². The van der Waals surface area contributed by atoms with Crippen molar-refractivity contribution in [1.29, 1.82) is 0 Å². The van der Waals surface area contributed by atoms with Gasteiger partial charge in [0.05, 0.1) is 13.5 Å². The molecule has 2 N–H and O–H groups in total. The Morgan fingerprint density at radius 1 is 0.966 bits per heavy atom. The van der Waals surface area contributed by atoms with E-state index in [2.05, 4.69) is 10.6 Å². The number of ether oxygens (including phenoxy) is 1. The Kier molecular flexibility index (Phi) is 8.19. The number of carbonyl (C=O) groups is 3. The topological polar surface area (TPSA) is 84.5 Å². The lowest BCUT2D eigenvalue weighted by molar-refractivity contribution is -0.145. The molecule has 2 aromatic rings. The Morgan fingerprint density at radius 2 is 1.66 bits per heavy atom. The zero-order valence-electron chi connectivity index (χ0n) is 17.5. The molecule has 0 saturated carbocycles. The number of amides is 2. The summed E-state index contributed by atoms with van der Waals surface area (Å²) in [5.74, 6) is -0.900. The molecule has 2 atom stereocenters. The zero-order chi connectivity index (χ0) is 21.4. The van der Waals surface area contributed by atoms with Gasteiger partial charge in [-0.05, 0) is 35.1 Å². The molecule has 0 saturated heterocycles. The predicted octanol–water partition coefficient (Wildman–Crippen LogP) is 2.98. The smallest absolute Gasteiger partial charge is 0.328 e. The van der Waals surface area contributed by atoms with E-state index in [1.165, 1.54) is 7.11 Å². The summed E-state index contributed by atoms with van der Waals surface area (Å²) in [4.78, 5) is 37.2. The summed E-state index contributed by atoms with van der Waals surface area (Å²) in [5.41, 5.74) is 0.908. The first-order chi connectivity index (χ1) is 13.8. The van der Waals surface area contributed by atoms with Crippen LogP contribution in [0.5, 0.6) is 0 Å². The monoisotopic (exact) mass is 398 g/mol. The minimum Gasteiger partial charge on any atom is -0.467 e. The van der Waals surface area contributed by atoms with Crippen LogP contribution >= 0.6 is 0 Å². The van der Waals surface area contributed by atoms with E-state index in [4.69, 9.17) is 4.74 Å². The van der Waals surface area contributed by atoms with Gasteiger partial charge in [-0.1, -0.05) is 63.2 Å². The maximum absolute atomic E-state index is 12.7. The second-order valence-corrected chi connectivity index (χ2v) is 7.56. The van der Waals surface area contributed by atoms with Gasteiger partial charge in [0, 0.05) is 0 Å². The molecule has 0 aliphatic carbocycles. The molecule has 0 aliphatic rings. The van der Waals surface area contributed by atoms with Crippen molar-refractivity contribution in [2.75, 3.05) is 7.11 Å². The summed E-state index contributed by atoms with van der Waals surface area (Å²) in [6.07, 6.45) is 1.07. The SMILES string of the molecule is CCC(NC(=O)[C@H](CC(C)C)NC(=O)Cc1cccc2ccccc12)C(=O)OC. The zero-order valence-corrected chi connectivity index (χ0v) is 17.5. The van der Waals surface area contributed by atoms with E-state index in [-0.39, 0.29) is 24.2 Å². The molecule has 2 aromatic carbocycles. The number of benzene rings is 2. The maximum atomic E-state index is 12.7. The van der Waals surface area contributed by atoms with Crippen LogP contribution in [0.4, 0.5) is 0 Å². The average molecular weight is 399 g/mol. The predicted molar refractivity (Wildman–Crippen MR) is 113 cm³/mol. The number of rotatable bonds is 9. The van der Waals surface area contributed by atoms with E-state index in [0.717, 1.165) is 16.3 Å². The highest BCUT2D eigenvalue weighted by molar-refractivity contribution is 5.93. The van der Waals surface area contributed by atoms with Gasteiger partial charge in [0.25, 0.3) is 0 Å². The number of fused-ring (bicyclic) bond motifs is 1. The molecule has 2 amide bonds. The number of methoxy groups -OCH3 is 1. The average Bonchev–Trinajstić information content (AvgIpc) is 2.70. The van der Waals surface area contributed by atoms with Gasteiger partial charge < -0.3 is 15.4 Å². The highest BCUT2D eigenvalue weighted by Crippen LogP contribution is 2.19. The molecule has 29 heavy (non-hydrogen) atoms. The fraction of sp³-hybridized carbons (Fsp3) is 0.435. The molecule has 0 heterocycles. The van der Waals surface area contributed by atoms with Gasteiger partial charge in [-0.25, -0.2) is 4.79 Å². The van der Waals surface area contributed by atoms with E-state index >= 15 is 0 Å². The lowest BCUT2D eigenvalue weighted by atomic mass is 10.00. The Bertz CT molecular complexity index is 858. The summed E-state index contributed by atoms with van der Waals surface area (Å²) in [5, 5.41) is 7.63. The molecular weight excluding hydrogens is 368 g/mol. The Labute approximate surface area is 172 Å². The van der Waals surface area contributed by atoms with E-state index in [0.29, 0.717) is 12.8 Å². The van der Waals surface area contributed by atoms with Crippen LogP contribution in [0.1, 0.15) is 39.2 Å². The second kappa shape index (κ2) is 10.6. The molecular formula is C23H30N2O4. The molecule has 6 nitrogen and oxygen atoms in total. The van der Waals surface area contributed by atoms with Gasteiger partial charge in [-0.3, -0.25) is 9.59 Å². The molecule has 156 valence electrons. The summed E-state index contributed by atoms with van der Waals surface area (Å²) in [6.45, 7) is 5.75. The van der Waals surface area contributed by atoms with Gasteiger partial charge in [0.2, 0.25) is 11.8 Å². The van der Waals surface area contributed by atoms with Crippen LogP contribution in [0.3, 0.4) is 0 Å². The first kappa shape index (κ1) is 22.4. The number of nitrogens with one attached hydrogen (secondary N) is 2. The van der Waals surface area contributed by atoms with Crippen LogP contribution in [-0.4, -0.2) is 37.0 Å². The van der Waals surface area contributed by atoms with Crippen molar-refractivity contribution < 1.29 is 19.1 Å². The quantitative estimate of drug-likeness (QED) is 0.636. The van der Waals surface area contributed by atoms with Crippen molar-refractivity contribution in [1.82, 2.24) is 10.6 Å². The minimum absolute atomic E-state index is 0.178. The third-order valence-electron chi connectivity index (χ3n) is 4.80. The van der Waals surface area contributed by atoms with Crippen molar-refractivity contribution in [2.45, 2.75) is 52.1 Å². The van der Waals surface area contributed by atoms with Crippen LogP contribution in [-0.2, 0) is 25.5 Å². The van der Waals surface area contributed by atoms with Crippen molar-refractivity contribution in [3.8, 4) is 0 Å². The lowest BCUT2D eigenvalue weighted by Gasteiger charge is -2.23. The second-order valence-electron chi connectivity index (χ2n) is 7.56. The van der Waals surface area contributed by atoms with Crippen molar-refractivity contribution in [3.05, 3.63) is 48.0 Å². The third-order valence-corrected chi connectivity index (χ3v) is 4.80. The maximum Gasteiger partial charge on any atom is 0.328 e. The van der Waals surface area contributed by atoms with Crippen LogP contribution < -0.4 is 10.6 Å². The van der Waals surface area contributed by atoms with Gasteiger partial charge in [0.15, 0.2) is 0 Å². The minimum atomic E-state index is -0.725. The van der Waals surface area contributed by atoms with Gasteiger partial charge in [0.1, 0.15) is 12.1 Å². The lowest BCUT2D eigenvalue weighted by Crippen LogP contribution is -2.52. The van der Waals surface area contributed by atoms with E-state index in [9.17, 15) is 14.4 Å². The molecule has 6 heteroatoms. The van der Waals surface area contributed by atoms with Crippen LogP contribution in [0.2, 0.25) is 0 Å². The van der Waals surface area contributed by atoms with Crippen molar-refractivity contribution >= 4 is 28.6 Å². The highest BCUT2D eigenvalue weighted by atomic mass is 16.5. The molecule has 0 bridgehead atoms. The molecule has 0 spiro atoms. The van der Waals surface area contributed by atoms with Gasteiger partial charge in [-0.2, -0.15) is 0 Å². The molecule has 0 aliphatic heterocycles. The van der Waals surface area contributed by atoms with E-state index < -0.39 is 18.1 Å². The number of hydrogen-bond donors (Lipinski definition) is 2. The number of hydrogen-bond acceptors (Lipinski definition) is 4. The summed E-state index contributed by atoms with van der Waals surface area (Å²) in [7, 11) is 1.29. The highest BCUT2D eigenvalue weighted by Gasteiger charge is 2.27. The van der Waals surface area contributed by atoms with E-state index in [1.807, 2.05) is 56.3 Å². The molecule has 0 radical (unpaired) electrons. The van der Waals surface area contributed by atoms with Gasteiger partial charge in [-0.15, -0.1) is 0 Å². The summed E-state index contributed by atoms with van der Waals surface area (Å²) in [6, 6.07) is 12.3. The number of carbonyl (C=O) groups excluding carboxylic acids is 3. The molecule has 1 unspecified atom stereocenters. The van der Waals surface area contributed by atoms with Gasteiger partial charge >= 0.3 is 5.97 Å². The van der Waals surface area contributed by atoms with Crippen molar-refractivity contribution in [3.63, 3.8) is 0 Å². The fourth-order valence-corrected chi connectivity index (χ4v) is 3.31. The number of esters is 1. The van der Waals surface area contributed by atoms with Crippen LogP contribution in [0, 0.1) is 5.92 Å². The Morgan fingerprint density at radius 3 is 2.31 bits per heavy atom. The van der Waals surface area contributed by atoms with Crippen LogP contribution in [0.25, 0.3) is 10.8 Å². The standard InChI is InChI=1S/C23H30N2O4/c1-5-19(23(28)29-4)25-22(27)20(13-15(2)3)24-21(26)14-17-11-8-10-16-9-6-7-12-18(16)17/h6-12,15,19-20H,5,13-14H2,1-4H3,(H,24,26)(H,25,27)/t19?,20-/m0/s1. The first-order valence-corrected chi connectivity index (χ1v) is 9.99. The Hall–Kier alpha value is -2.89. The fourth-order valence-electron chi connectivity index (χ4n) is 3.31. The summed E-state index contributed by atoms with van der Waals surface area (Å²) < 4.78 is 4.72. The largest absolute Gasteiger partial charge is 0.467 e. The third kappa shape index (κ3) is 6.31. The normalized spacial score (nSPS) is 13.0.